The average molecular weight is 317 g/mol. The molecular weight excluding hydrogens is 307 g/mol. The van der Waals surface area contributed by atoms with E-state index in [1.165, 1.54) is 12.1 Å². The lowest BCUT2D eigenvalue weighted by Crippen LogP contribution is -2.11. The number of carbonyl (C=O) groups excluding carboxylic acids is 1. The lowest BCUT2D eigenvalue weighted by atomic mass is 10.0. The number of H-pyrrole nitrogens is 1. The minimum absolute atomic E-state index is 0.173. The van der Waals surface area contributed by atoms with Crippen molar-refractivity contribution in [3.63, 3.8) is 0 Å². The monoisotopic (exact) mass is 316 g/mol. The second kappa shape index (κ2) is 5.69. The first-order valence-corrected chi connectivity index (χ1v) is 6.88. The number of rotatable bonds is 3. The van der Waals surface area contributed by atoms with Gasteiger partial charge in [0.25, 0.3) is 10.8 Å². The number of aromatic amines is 1. The summed E-state index contributed by atoms with van der Waals surface area (Å²) < 4.78 is 13.5. The molecule has 0 aliphatic heterocycles. The third kappa shape index (κ3) is 2.63. The van der Waals surface area contributed by atoms with Gasteiger partial charge in [0.1, 0.15) is 5.82 Å². The fourth-order valence-corrected chi connectivity index (χ4v) is 2.48. The first-order valence-electron chi connectivity index (χ1n) is 6.51. The van der Waals surface area contributed by atoms with Crippen molar-refractivity contribution in [1.29, 1.82) is 0 Å². The van der Waals surface area contributed by atoms with Crippen molar-refractivity contribution in [2.75, 3.05) is 0 Å². The van der Waals surface area contributed by atoms with E-state index in [-0.39, 0.29) is 11.1 Å². The molecule has 22 heavy (non-hydrogen) atoms. The Bertz CT molecular complexity index is 937. The van der Waals surface area contributed by atoms with Gasteiger partial charge in [-0.05, 0) is 35.4 Å². The Morgan fingerprint density at radius 1 is 1.18 bits per heavy atom. The van der Waals surface area contributed by atoms with Gasteiger partial charge >= 0.3 is 0 Å². The highest BCUT2D eigenvalue weighted by atomic mass is 35.5. The molecule has 0 saturated carbocycles. The molecule has 0 bridgehead atoms. The van der Waals surface area contributed by atoms with E-state index in [1.807, 2.05) is 6.07 Å². The Balaban J connectivity index is 2.08. The lowest BCUT2D eigenvalue weighted by Gasteiger charge is -2.06. The molecule has 0 saturated heterocycles. The quantitative estimate of drug-likeness (QED) is 0.755. The highest BCUT2D eigenvalue weighted by molar-refractivity contribution is 6.67. The van der Waals surface area contributed by atoms with Crippen LogP contribution in [-0.2, 0) is 6.42 Å². The zero-order valence-corrected chi connectivity index (χ0v) is 12.0. The number of hydrogen-bond donors (Lipinski definition) is 1. The summed E-state index contributed by atoms with van der Waals surface area (Å²) in [7, 11) is 0. The van der Waals surface area contributed by atoms with E-state index in [2.05, 4.69) is 10.2 Å². The Morgan fingerprint density at radius 2 is 1.91 bits per heavy atom. The smallest absolute Gasteiger partial charge is 0.272 e. The van der Waals surface area contributed by atoms with Gasteiger partial charge in [-0.2, -0.15) is 5.10 Å². The van der Waals surface area contributed by atoms with Crippen LogP contribution >= 0.6 is 11.6 Å². The van der Waals surface area contributed by atoms with Gasteiger partial charge in [0.05, 0.1) is 16.6 Å². The molecule has 0 atom stereocenters. The number of hydrogen-bond acceptors (Lipinski definition) is 3. The molecule has 0 spiro atoms. The molecule has 0 radical (unpaired) electrons. The summed E-state index contributed by atoms with van der Waals surface area (Å²) in [6.45, 7) is 0. The molecule has 6 heteroatoms. The third-order valence-electron chi connectivity index (χ3n) is 3.39. The summed E-state index contributed by atoms with van der Waals surface area (Å²) in [4.78, 5) is 22.9. The van der Waals surface area contributed by atoms with E-state index >= 15 is 0 Å². The molecule has 0 aliphatic carbocycles. The summed E-state index contributed by atoms with van der Waals surface area (Å²) in [5.41, 5.74) is 0.868. The average Bonchev–Trinajstić information content (AvgIpc) is 2.52. The van der Waals surface area contributed by atoms with Crippen molar-refractivity contribution in [2.24, 2.45) is 0 Å². The minimum atomic E-state index is -0.848. The standard InChI is InChI=1S/C16H10ClFN2O2/c17-15(21)12-7-9(5-6-13(12)18)8-14-10-3-1-2-4-11(10)16(22)20-19-14/h1-7H,8H2,(H,20,22). The Labute approximate surface area is 129 Å². The van der Waals surface area contributed by atoms with E-state index in [9.17, 15) is 14.0 Å². The van der Waals surface area contributed by atoms with Gasteiger partial charge in [-0.25, -0.2) is 9.49 Å². The van der Waals surface area contributed by atoms with Crippen molar-refractivity contribution < 1.29 is 9.18 Å². The largest absolute Gasteiger partial charge is 0.275 e. The van der Waals surface area contributed by atoms with E-state index in [1.54, 1.807) is 24.3 Å². The maximum atomic E-state index is 13.5. The molecule has 3 aromatic rings. The highest BCUT2D eigenvalue weighted by Crippen LogP contribution is 2.19. The van der Waals surface area contributed by atoms with Crippen molar-refractivity contribution in [3.05, 3.63) is 75.5 Å². The van der Waals surface area contributed by atoms with Crippen LogP contribution < -0.4 is 5.56 Å². The summed E-state index contributed by atoms with van der Waals surface area (Å²) >= 11 is 5.36. The summed E-state index contributed by atoms with van der Waals surface area (Å²) in [5, 5.41) is 6.89. The summed E-state index contributed by atoms with van der Waals surface area (Å²) in [6.07, 6.45) is 0.342. The molecule has 0 unspecified atom stereocenters. The Hall–Kier alpha value is -2.53. The predicted molar refractivity (Wildman–Crippen MR) is 81.8 cm³/mol. The molecule has 2 aromatic carbocycles. The summed E-state index contributed by atoms with van der Waals surface area (Å²) in [6, 6.07) is 11.2. The van der Waals surface area contributed by atoms with Crippen molar-refractivity contribution in [1.82, 2.24) is 10.2 Å². The topological polar surface area (TPSA) is 62.8 Å². The third-order valence-corrected chi connectivity index (χ3v) is 3.59. The Kier molecular flexibility index (Phi) is 3.73. The maximum Gasteiger partial charge on any atom is 0.272 e. The second-order valence-electron chi connectivity index (χ2n) is 4.81. The zero-order valence-electron chi connectivity index (χ0n) is 11.3. The van der Waals surface area contributed by atoms with Gasteiger partial charge in [0, 0.05) is 11.8 Å². The van der Waals surface area contributed by atoms with Crippen molar-refractivity contribution in [3.8, 4) is 0 Å². The van der Waals surface area contributed by atoms with Crippen LogP contribution in [0.1, 0.15) is 21.6 Å². The number of halogens is 2. The van der Waals surface area contributed by atoms with Crippen LogP contribution in [0.3, 0.4) is 0 Å². The second-order valence-corrected chi connectivity index (χ2v) is 5.15. The maximum absolute atomic E-state index is 13.5. The van der Waals surface area contributed by atoms with Crippen LogP contribution in [0.25, 0.3) is 10.8 Å². The first kappa shape index (κ1) is 14.4. The molecule has 1 heterocycles. The molecule has 0 aliphatic rings. The normalized spacial score (nSPS) is 10.8. The van der Waals surface area contributed by atoms with Gasteiger partial charge in [0.2, 0.25) is 0 Å². The SMILES string of the molecule is O=C(Cl)c1cc(Cc2n[nH]c(=O)c3ccccc23)ccc1F. The molecule has 110 valence electrons. The number of aromatic nitrogens is 2. The van der Waals surface area contributed by atoms with Crippen LogP contribution in [0.2, 0.25) is 0 Å². The fourth-order valence-electron chi connectivity index (χ4n) is 2.33. The Morgan fingerprint density at radius 3 is 2.64 bits per heavy atom. The number of nitrogens with one attached hydrogen (secondary N) is 1. The van der Waals surface area contributed by atoms with Crippen LogP contribution in [0.5, 0.6) is 0 Å². The fraction of sp³-hybridized carbons (Fsp3) is 0.0625. The predicted octanol–water partition coefficient (Wildman–Crippen LogP) is 3.03. The van der Waals surface area contributed by atoms with Gasteiger partial charge < -0.3 is 0 Å². The minimum Gasteiger partial charge on any atom is -0.275 e. The number of fused-ring (bicyclic) bond motifs is 1. The number of carbonyl (C=O) groups is 1. The molecule has 3 rings (SSSR count). The van der Waals surface area contributed by atoms with E-state index in [0.717, 1.165) is 0 Å². The number of nitrogens with zero attached hydrogens (tertiary/aromatic N) is 1. The van der Waals surface area contributed by atoms with Crippen LogP contribution in [0, 0.1) is 5.82 Å². The molecule has 0 amide bonds. The molecule has 1 aromatic heterocycles. The van der Waals surface area contributed by atoms with Crippen LogP contribution in [0.4, 0.5) is 4.39 Å². The van der Waals surface area contributed by atoms with E-state index in [4.69, 9.17) is 11.6 Å². The van der Waals surface area contributed by atoms with E-state index < -0.39 is 11.1 Å². The van der Waals surface area contributed by atoms with Crippen molar-refractivity contribution in [2.45, 2.75) is 6.42 Å². The first-order chi connectivity index (χ1) is 10.6. The highest BCUT2D eigenvalue weighted by Gasteiger charge is 2.12. The van der Waals surface area contributed by atoms with E-state index in [0.29, 0.717) is 28.5 Å². The van der Waals surface area contributed by atoms with Gasteiger partial charge in [-0.1, -0.05) is 24.3 Å². The van der Waals surface area contributed by atoms with Gasteiger partial charge in [-0.15, -0.1) is 0 Å². The molecular formula is C16H10ClFN2O2. The van der Waals surface area contributed by atoms with Crippen LogP contribution in [-0.4, -0.2) is 15.4 Å². The lowest BCUT2D eigenvalue weighted by molar-refractivity contribution is 0.107. The summed E-state index contributed by atoms with van der Waals surface area (Å²) in [5.74, 6) is -0.664. The van der Waals surface area contributed by atoms with Gasteiger partial charge in [0.15, 0.2) is 0 Å². The molecule has 0 fully saturated rings. The van der Waals surface area contributed by atoms with Crippen molar-refractivity contribution >= 4 is 27.6 Å². The van der Waals surface area contributed by atoms with Crippen LogP contribution in [0.15, 0.2) is 47.3 Å². The van der Waals surface area contributed by atoms with Gasteiger partial charge in [-0.3, -0.25) is 9.59 Å². The number of benzene rings is 2. The molecule has 4 nitrogen and oxygen atoms in total. The molecule has 1 N–H and O–H groups in total. The zero-order chi connectivity index (χ0) is 15.7.